The molecule has 7 nitrogen and oxygen atoms in total. The largest absolute Gasteiger partial charge is 0.369 e. The number of hydrogen-bond acceptors (Lipinski definition) is 5. The van der Waals surface area contributed by atoms with Crippen LogP contribution in [0, 0.1) is 0 Å². The summed E-state index contributed by atoms with van der Waals surface area (Å²) in [6.45, 7) is 4.24. The molecule has 0 spiro atoms. The van der Waals surface area contributed by atoms with Gasteiger partial charge in [-0.25, -0.2) is 0 Å². The number of rotatable bonds is 2. The molecule has 0 aromatic heterocycles. The molecule has 1 atom stereocenters. The van der Waals surface area contributed by atoms with Crippen molar-refractivity contribution in [1.82, 2.24) is 15.5 Å². The molecular formula is C17H21ClN4O3. The Kier molecular flexibility index (Phi) is 4.96. The van der Waals surface area contributed by atoms with Crippen LogP contribution >= 0.6 is 12.4 Å². The maximum absolute atomic E-state index is 12.6. The number of carbonyl (C=O) groups is 3. The number of benzene rings is 1. The number of hydrogen-bond donors (Lipinski definition) is 2. The Bertz CT molecular complexity index is 718. The van der Waals surface area contributed by atoms with Crippen LogP contribution in [0.15, 0.2) is 18.2 Å². The predicted molar refractivity (Wildman–Crippen MR) is 94.8 cm³/mol. The predicted octanol–water partition coefficient (Wildman–Crippen LogP) is 0.279. The number of piperidine rings is 1. The number of nitrogens with zero attached hydrogens (tertiary/aromatic N) is 2. The molecule has 0 bridgehead atoms. The minimum absolute atomic E-state index is 0. The van der Waals surface area contributed by atoms with Gasteiger partial charge in [0, 0.05) is 50.4 Å². The SMILES string of the molecule is Cl.O=C1CC[C@@H](N2Cc3cc(N4CCNCC4)ccc3C2=O)C(=O)N1. The maximum atomic E-state index is 12.6. The van der Waals surface area contributed by atoms with Crippen LogP contribution in [0.25, 0.3) is 0 Å². The summed E-state index contributed by atoms with van der Waals surface area (Å²) >= 11 is 0. The van der Waals surface area contributed by atoms with Crippen LogP contribution < -0.4 is 15.5 Å². The zero-order valence-electron chi connectivity index (χ0n) is 13.8. The number of anilines is 1. The van der Waals surface area contributed by atoms with E-state index in [1.54, 1.807) is 4.90 Å². The van der Waals surface area contributed by atoms with E-state index in [0.29, 0.717) is 18.5 Å². The summed E-state index contributed by atoms with van der Waals surface area (Å²) in [5.74, 6) is -0.748. The topological polar surface area (TPSA) is 81.8 Å². The Morgan fingerprint density at radius 3 is 2.56 bits per heavy atom. The molecule has 4 rings (SSSR count). The van der Waals surface area contributed by atoms with E-state index < -0.39 is 6.04 Å². The summed E-state index contributed by atoms with van der Waals surface area (Å²) in [5, 5.41) is 5.66. The van der Waals surface area contributed by atoms with Crippen LogP contribution in [0.3, 0.4) is 0 Å². The first-order valence-corrected chi connectivity index (χ1v) is 8.37. The average molecular weight is 365 g/mol. The van der Waals surface area contributed by atoms with E-state index in [4.69, 9.17) is 0 Å². The number of amides is 3. The quantitative estimate of drug-likeness (QED) is 0.737. The molecule has 3 aliphatic rings. The molecule has 0 saturated carbocycles. The van der Waals surface area contributed by atoms with Gasteiger partial charge in [0.05, 0.1) is 0 Å². The van der Waals surface area contributed by atoms with Crippen LogP contribution in [0.1, 0.15) is 28.8 Å². The van der Waals surface area contributed by atoms with Crippen molar-refractivity contribution in [3.63, 3.8) is 0 Å². The van der Waals surface area contributed by atoms with Crippen molar-refractivity contribution in [3.05, 3.63) is 29.3 Å². The van der Waals surface area contributed by atoms with Crippen molar-refractivity contribution >= 4 is 35.8 Å². The molecule has 8 heteroatoms. The lowest BCUT2D eigenvalue weighted by Crippen LogP contribution is -2.52. The number of fused-ring (bicyclic) bond motifs is 1. The molecule has 3 amide bonds. The standard InChI is InChI=1S/C17H20N4O3.ClH/c22-15-4-3-14(16(23)19-15)21-10-11-9-12(1-2-13(11)17(21)24)20-7-5-18-6-8-20;/h1-2,9,14,18H,3-8,10H2,(H,19,22,23);1H/t14-;/m1./s1. The number of carbonyl (C=O) groups excluding carboxylic acids is 3. The van der Waals surface area contributed by atoms with Crippen molar-refractivity contribution < 1.29 is 14.4 Å². The highest BCUT2D eigenvalue weighted by Gasteiger charge is 2.39. The third kappa shape index (κ3) is 3.21. The zero-order valence-corrected chi connectivity index (χ0v) is 14.6. The molecule has 134 valence electrons. The van der Waals surface area contributed by atoms with Crippen molar-refractivity contribution in [2.24, 2.45) is 0 Å². The fourth-order valence-electron chi connectivity index (χ4n) is 3.68. The van der Waals surface area contributed by atoms with Crippen LogP contribution in [0.2, 0.25) is 0 Å². The summed E-state index contributed by atoms with van der Waals surface area (Å²) < 4.78 is 0. The molecule has 0 unspecified atom stereocenters. The van der Waals surface area contributed by atoms with E-state index >= 15 is 0 Å². The van der Waals surface area contributed by atoms with E-state index in [2.05, 4.69) is 21.6 Å². The number of nitrogens with one attached hydrogen (secondary N) is 2. The molecule has 1 aromatic rings. The van der Waals surface area contributed by atoms with E-state index in [0.717, 1.165) is 37.4 Å². The number of imide groups is 1. The fourth-order valence-corrected chi connectivity index (χ4v) is 3.68. The van der Waals surface area contributed by atoms with Gasteiger partial charge in [-0.3, -0.25) is 19.7 Å². The second-order valence-corrected chi connectivity index (χ2v) is 6.48. The van der Waals surface area contributed by atoms with Gasteiger partial charge < -0.3 is 15.1 Å². The minimum Gasteiger partial charge on any atom is -0.369 e. The maximum Gasteiger partial charge on any atom is 0.255 e. The molecule has 0 aliphatic carbocycles. The van der Waals surface area contributed by atoms with E-state index in [1.165, 1.54) is 0 Å². The molecule has 0 radical (unpaired) electrons. The van der Waals surface area contributed by atoms with Gasteiger partial charge in [-0.2, -0.15) is 0 Å². The second kappa shape index (κ2) is 7.01. The number of halogens is 1. The summed E-state index contributed by atoms with van der Waals surface area (Å²) in [7, 11) is 0. The monoisotopic (exact) mass is 364 g/mol. The lowest BCUT2D eigenvalue weighted by Gasteiger charge is -2.30. The lowest BCUT2D eigenvalue weighted by molar-refractivity contribution is -0.136. The number of piperazine rings is 1. The third-order valence-electron chi connectivity index (χ3n) is 4.99. The lowest BCUT2D eigenvalue weighted by atomic mass is 10.0. The molecule has 25 heavy (non-hydrogen) atoms. The van der Waals surface area contributed by atoms with Gasteiger partial charge in [-0.05, 0) is 30.2 Å². The van der Waals surface area contributed by atoms with E-state index in [-0.39, 0.29) is 36.5 Å². The summed E-state index contributed by atoms with van der Waals surface area (Å²) in [5.41, 5.74) is 2.74. The Hall–Kier alpha value is -2.12. The molecule has 2 N–H and O–H groups in total. The van der Waals surface area contributed by atoms with Crippen molar-refractivity contribution in [2.75, 3.05) is 31.1 Å². The van der Waals surface area contributed by atoms with Gasteiger partial charge in [0.15, 0.2) is 0 Å². The molecule has 2 fully saturated rings. The zero-order chi connectivity index (χ0) is 16.7. The van der Waals surface area contributed by atoms with Gasteiger partial charge in [0.25, 0.3) is 5.91 Å². The molecule has 3 aliphatic heterocycles. The highest BCUT2D eigenvalue weighted by atomic mass is 35.5. The molecule has 1 aromatic carbocycles. The van der Waals surface area contributed by atoms with Gasteiger partial charge in [0.2, 0.25) is 11.8 Å². The van der Waals surface area contributed by atoms with Crippen molar-refractivity contribution in [3.8, 4) is 0 Å². The van der Waals surface area contributed by atoms with Crippen LogP contribution in [0.5, 0.6) is 0 Å². The minimum atomic E-state index is -0.551. The Labute approximate surface area is 152 Å². The van der Waals surface area contributed by atoms with E-state index in [9.17, 15) is 14.4 Å². The second-order valence-electron chi connectivity index (χ2n) is 6.48. The molecule has 3 heterocycles. The third-order valence-corrected chi connectivity index (χ3v) is 4.99. The van der Waals surface area contributed by atoms with Crippen LogP contribution in [0.4, 0.5) is 5.69 Å². The van der Waals surface area contributed by atoms with Gasteiger partial charge >= 0.3 is 0 Å². The van der Waals surface area contributed by atoms with Gasteiger partial charge in [-0.15, -0.1) is 12.4 Å². The summed E-state index contributed by atoms with van der Waals surface area (Å²) in [6, 6.07) is 5.35. The first-order valence-electron chi connectivity index (χ1n) is 8.37. The highest BCUT2D eigenvalue weighted by Crippen LogP contribution is 2.30. The van der Waals surface area contributed by atoms with Crippen LogP contribution in [-0.4, -0.2) is 54.8 Å². The first kappa shape index (κ1) is 17.7. The van der Waals surface area contributed by atoms with Crippen LogP contribution in [-0.2, 0) is 16.1 Å². The summed E-state index contributed by atoms with van der Waals surface area (Å²) in [6.07, 6.45) is 0.678. The highest BCUT2D eigenvalue weighted by molar-refractivity contribution is 6.05. The smallest absolute Gasteiger partial charge is 0.255 e. The normalized spacial score (nSPS) is 23.2. The fraction of sp³-hybridized carbons (Fsp3) is 0.471. The molecular weight excluding hydrogens is 344 g/mol. The Morgan fingerprint density at radius 2 is 1.84 bits per heavy atom. The van der Waals surface area contributed by atoms with Crippen molar-refractivity contribution in [1.29, 1.82) is 0 Å². The van der Waals surface area contributed by atoms with Gasteiger partial charge in [-0.1, -0.05) is 0 Å². The molecule has 2 saturated heterocycles. The van der Waals surface area contributed by atoms with Crippen molar-refractivity contribution in [2.45, 2.75) is 25.4 Å². The Balaban J connectivity index is 0.00000182. The Morgan fingerprint density at radius 1 is 1.08 bits per heavy atom. The first-order chi connectivity index (χ1) is 11.6. The van der Waals surface area contributed by atoms with E-state index in [1.807, 2.05) is 12.1 Å². The average Bonchev–Trinajstić information content (AvgIpc) is 2.92. The summed E-state index contributed by atoms with van der Waals surface area (Å²) in [4.78, 5) is 39.9. The van der Waals surface area contributed by atoms with Gasteiger partial charge in [0.1, 0.15) is 6.04 Å².